The molecule has 2 saturated heterocycles. The number of sulfonamides is 1. The van der Waals surface area contributed by atoms with Crippen LogP contribution in [0.5, 0.6) is 0 Å². The molecule has 2 heterocycles. The van der Waals surface area contributed by atoms with Gasteiger partial charge in [-0.1, -0.05) is 22.0 Å². The molecule has 2 unspecified atom stereocenters. The van der Waals surface area contributed by atoms with Gasteiger partial charge in [0.25, 0.3) is 10.0 Å². The molecule has 46 heavy (non-hydrogen) atoms. The van der Waals surface area contributed by atoms with E-state index in [9.17, 15) is 30.6 Å². The molecule has 0 saturated carbocycles. The zero-order valence-corrected chi connectivity index (χ0v) is 29.3. The normalized spacial score (nSPS) is 24.0. The lowest BCUT2D eigenvalue weighted by atomic mass is 9.88. The number of benzene rings is 2. The van der Waals surface area contributed by atoms with Crippen LogP contribution in [0.1, 0.15) is 33.6 Å². The number of ether oxygens (including phenoxy) is 1. The first kappa shape index (κ1) is 36.5. The van der Waals surface area contributed by atoms with Gasteiger partial charge in [0, 0.05) is 46.3 Å². The largest absolute Gasteiger partial charge is 0.474 e. The first-order valence-electron chi connectivity index (χ1n) is 14.6. The number of hydrogen-bond donors (Lipinski definition) is 1. The Balaban J connectivity index is 1.52. The quantitative estimate of drug-likeness (QED) is 0.282. The van der Waals surface area contributed by atoms with E-state index < -0.39 is 42.3 Å². The molecule has 1 amide bonds. The first-order chi connectivity index (χ1) is 21.2. The number of amides is 1. The molecule has 2 aliphatic rings. The predicted octanol–water partition coefficient (Wildman–Crippen LogP) is 5.46. The van der Waals surface area contributed by atoms with Crippen molar-refractivity contribution in [1.82, 2.24) is 9.21 Å². The van der Waals surface area contributed by atoms with Gasteiger partial charge in [0.05, 0.1) is 27.3 Å². The molecule has 2 aromatic rings. The minimum atomic E-state index is -5.33. The second-order valence-corrected chi connectivity index (χ2v) is 17.7. The number of halogens is 5. The van der Waals surface area contributed by atoms with Crippen molar-refractivity contribution in [2.45, 2.75) is 66.2 Å². The summed E-state index contributed by atoms with van der Waals surface area (Å²) in [5, 5.41) is 0. The summed E-state index contributed by atoms with van der Waals surface area (Å²) >= 11 is 3.66. The Bertz CT molecular complexity index is 1660. The van der Waals surface area contributed by atoms with Crippen LogP contribution in [-0.2, 0) is 29.5 Å². The van der Waals surface area contributed by atoms with Crippen LogP contribution >= 0.6 is 15.9 Å². The lowest BCUT2D eigenvalue weighted by Gasteiger charge is -2.46. The number of rotatable bonds is 8. The van der Waals surface area contributed by atoms with Gasteiger partial charge in [0.2, 0.25) is 0 Å². The van der Waals surface area contributed by atoms with Crippen molar-refractivity contribution in [2.24, 2.45) is 10.3 Å². The average Bonchev–Trinajstić information content (AvgIpc) is 2.95. The zero-order chi connectivity index (χ0) is 34.2. The van der Waals surface area contributed by atoms with Gasteiger partial charge in [-0.3, -0.25) is 14.4 Å². The van der Waals surface area contributed by atoms with Crippen molar-refractivity contribution in [3.8, 4) is 0 Å². The van der Waals surface area contributed by atoms with Gasteiger partial charge in [-0.2, -0.15) is 13.2 Å². The average molecular weight is 757 g/mol. The van der Waals surface area contributed by atoms with Crippen molar-refractivity contribution < 1.29 is 39.7 Å². The maximum absolute atomic E-state index is 15.3. The SMILES string of the molecule is CC(C1CCN(c2c(F)cccc2NS(=O)(=O)c2ccc(S(=O)(=NC(=O)C(F)(F)F)N(C)C)cc2)CC1)N1C[C@@H](C)O[C@@](C)(Br)C1. The van der Waals surface area contributed by atoms with Gasteiger partial charge in [-0.05, 0) is 75.9 Å². The number of morpholine rings is 1. The molecule has 4 rings (SSSR count). The fourth-order valence-electron chi connectivity index (χ4n) is 5.89. The summed E-state index contributed by atoms with van der Waals surface area (Å²) in [6.45, 7) is 8.76. The van der Waals surface area contributed by atoms with E-state index in [0.29, 0.717) is 19.0 Å². The maximum atomic E-state index is 15.3. The van der Waals surface area contributed by atoms with E-state index in [4.69, 9.17) is 4.74 Å². The second-order valence-electron chi connectivity index (χ2n) is 11.9. The molecule has 17 heteroatoms. The lowest BCUT2D eigenvalue weighted by molar-refractivity contribution is -0.169. The van der Waals surface area contributed by atoms with Crippen LogP contribution in [0.15, 0.2) is 56.6 Å². The lowest BCUT2D eigenvalue weighted by Crippen LogP contribution is -2.55. The molecule has 2 fully saturated rings. The van der Waals surface area contributed by atoms with Crippen LogP contribution in [0.4, 0.5) is 28.9 Å². The number of hydrogen-bond acceptors (Lipinski definition) is 7. The van der Waals surface area contributed by atoms with Crippen LogP contribution < -0.4 is 9.62 Å². The highest BCUT2D eigenvalue weighted by molar-refractivity contribution is 9.10. The summed E-state index contributed by atoms with van der Waals surface area (Å²) in [6, 6.07) is 8.46. The highest BCUT2D eigenvalue weighted by atomic mass is 79.9. The molecule has 0 aromatic heterocycles. The molecule has 0 bridgehead atoms. The Hall–Kier alpha value is -2.31. The smallest absolute Gasteiger partial charge is 0.367 e. The molecular weight excluding hydrogens is 718 g/mol. The Labute approximate surface area is 275 Å². The van der Waals surface area contributed by atoms with Crippen LogP contribution in [0, 0.1) is 11.7 Å². The van der Waals surface area contributed by atoms with Crippen molar-refractivity contribution in [3.63, 3.8) is 0 Å². The minimum absolute atomic E-state index is 0.0236. The number of para-hydroxylation sites is 1. The van der Waals surface area contributed by atoms with E-state index in [2.05, 4.69) is 36.8 Å². The third kappa shape index (κ3) is 8.21. The Morgan fingerprint density at radius 2 is 1.70 bits per heavy atom. The van der Waals surface area contributed by atoms with Crippen molar-refractivity contribution in [2.75, 3.05) is 49.9 Å². The molecule has 4 atom stereocenters. The van der Waals surface area contributed by atoms with Crippen LogP contribution in [-0.4, -0.2) is 90.8 Å². The fraction of sp³-hybridized carbons (Fsp3) is 0.552. The van der Waals surface area contributed by atoms with Gasteiger partial charge >= 0.3 is 12.1 Å². The molecular formula is C29H38BrF4N5O5S2. The minimum Gasteiger partial charge on any atom is -0.367 e. The Morgan fingerprint density at radius 3 is 2.24 bits per heavy atom. The molecule has 0 spiro atoms. The molecule has 2 aromatic carbocycles. The number of anilines is 2. The van der Waals surface area contributed by atoms with Gasteiger partial charge in [0.1, 0.15) is 20.2 Å². The molecule has 2 aliphatic heterocycles. The van der Waals surface area contributed by atoms with Crippen LogP contribution in [0.25, 0.3) is 0 Å². The standard InChI is InChI=1S/C29H38BrF4N5O5S2/c1-19-17-39(18-28(3,30)44-19)20(2)21-13-15-38(16-14-21)26-24(31)7-6-8-25(26)35-46(42,43)23-11-9-22(10-12-23)45(41,37(4)5)36-27(40)29(32,33)34/h6-12,19-21,35H,13-18H2,1-5H3/t19-,20?,28-,45?/m1/s1. The third-order valence-corrected chi connectivity index (χ3v) is 12.3. The molecule has 256 valence electrons. The summed E-state index contributed by atoms with van der Waals surface area (Å²) in [5.41, 5.74) is 0.136. The highest BCUT2D eigenvalue weighted by Gasteiger charge is 2.41. The Kier molecular flexibility index (Phi) is 10.8. The Morgan fingerprint density at radius 1 is 1.11 bits per heavy atom. The summed E-state index contributed by atoms with van der Waals surface area (Å²) in [5.74, 6) is -2.79. The van der Waals surface area contributed by atoms with Crippen LogP contribution in [0.2, 0.25) is 0 Å². The van der Waals surface area contributed by atoms with Gasteiger partial charge < -0.3 is 9.64 Å². The van der Waals surface area contributed by atoms with E-state index in [0.717, 1.165) is 54.5 Å². The maximum Gasteiger partial charge on any atom is 0.474 e. The van der Waals surface area contributed by atoms with E-state index in [-0.39, 0.29) is 33.3 Å². The van der Waals surface area contributed by atoms with Crippen LogP contribution in [0.3, 0.4) is 0 Å². The molecule has 1 N–H and O–H groups in total. The summed E-state index contributed by atoms with van der Waals surface area (Å²) < 4.78 is 106. The third-order valence-electron chi connectivity index (χ3n) is 8.15. The number of nitrogens with one attached hydrogen (secondary N) is 1. The van der Waals surface area contributed by atoms with E-state index in [1.807, 2.05) is 18.7 Å². The molecule has 10 nitrogen and oxygen atoms in total. The summed E-state index contributed by atoms with van der Waals surface area (Å²) in [7, 11) is -6.00. The predicted molar refractivity (Wildman–Crippen MR) is 171 cm³/mol. The molecule has 0 aliphatic carbocycles. The number of alkyl halides is 4. The molecule has 0 radical (unpaired) electrons. The van der Waals surface area contributed by atoms with Crippen molar-refractivity contribution >= 4 is 53.2 Å². The van der Waals surface area contributed by atoms with Gasteiger partial charge in [-0.25, -0.2) is 21.3 Å². The van der Waals surface area contributed by atoms with Crippen molar-refractivity contribution in [1.29, 1.82) is 0 Å². The summed E-state index contributed by atoms with van der Waals surface area (Å²) in [4.78, 5) is 15.1. The fourth-order valence-corrected chi connectivity index (χ4v) is 9.11. The van der Waals surface area contributed by atoms with Gasteiger partial charge in [-0.15, -0.1) is 4.36 Å². The monoisotopic (exact) mass is 755 g/mol. The van der Waals surface area contributed by atoms with Gasteiger partial charge in [0.15, 0.2) is 0 Å². The first-order valence-corrected chi connectivity index (χ1v) is 18.3. The number of nitrogens with zero attached hydrogens (tertiary/aromatic N) is 4. The summed E-state index contributed by atoms with van der Waals surface area (Å²) in [6.07, 6.45) is -3.74. The topological polar surface area (TPSA) is 112 Å². The highest BCUT2D eigenvalue weighted by Crippen LogP contribution is 2.37. The van der Waals surface area contributed by atoms with E-state index in [1.165, 1.54) is 32.3 Å². The zero-order valence-electron chi connectivity index (χ0n) is 26.1. The second kappa shape index (κ2) is 13.7. The number of piperidine rings is 1. The van der Waals surface area contributed by atoms with E-state index >= 15 is 4.39 Å². The number of carbonyl (C=O) groups is 1. The van der Waals surface area contributed by atoms with E-state index in [1.54, 1.807) is 0 Å². The van der Waals surface area contributed by atoms with Crippen molar-refractivity contribution in [3.05, 3.63) is 48.3 Å². The number of carbonyl (C=O) groups excluding carboxylic acids is 1.